The van der Waals surface area contributed by atoms with Gasteiger partial charge in [0, 0.05) is 34.8 Å². The molecule has 4 aromatic rings. The molecule has 0 fully saturated rings. The van der Waals surface area contributed by atoms with Gasteiger partial charge in [-0.15, -0.1) is 0 Å². The quantitative estimate of drug-likeness (QED) is 0.453. The van der Waals surface area contributed by atoms with E-state index in [-0.39, 0.29) is 11.3 Å². The number of hydrogen-bond donors (Lipinski definition) is 2. The van der Waals surface area contributed by atoms with Gasteiger partial charge in [0.05, 0.1) is 16.8 Å². The third-order valence-corrected chi connectivity index (χ3v) is 5.44. The molecular weight excluding hydrogens is 447 g/mol. The summed E-state index contributed by atoms with van der Waals surface area (Å²) in [7, 11) is 0. The Morgan fingerprint density at radius 2 is 1.91 bits per heavy atom. The lowest BCUT2D eigenvalue weighted by atomic mass is 10.1. The number of carbonyl (C=O) groups is 1. The summed E-state index contributed by atoms with van der Waals surface area (Å²) in [5, 5.41) is 6.31. The summed E-state index contributed by atoms with van der Waals surface area (Å²) in [6, 6.07) is 12.8. The van der Waals surface area contributed by atoms with E-state index in [1.54, 1.807) is 30.3 Å². The van der Waals surface area contributed by atoms with Crippen LogP contribution in [0.1, 0.15) is 27.2 Å². The van der Waals surface area contributed by atoms with Crippen molar-refractivity contribution in [1.82, 2.24) is 20.3 Å². The molecule has 0 spiro atoms. The number of amides is 1. The van der Waals surface area contributed by atoms with Gasteiger partial charge in [0.2, 0.25) is 11.8 Å². The number of halogens is 3. The Morgan fingerprint density at radius 3 is 2.76 bits per heavy atom. The van der Waals surface area contributed by atoms with Gasteiger partial charge in [-0.05, 0) is 49.4 Å². The highest BCUT2D eigenvalue weighted by Gasteiger charge is 2.30. The zero-order chi connectivity index (χ0) is 23.7. The van der Waals surface area contributed by atoms with Crippen LogP contribution in [-0.2, 0) is 19.1 Å². The molecule has 2 N–H and O–H groups in total. The van der Waals surface area contributed by atoms with E-state index in [2.05, 4.69) is 25.6 Å². The number of rotatable bonds is 4. The Balaban J connectivity index is 1.41. The van der Waals surface area contributed by atoms with Crippen LogP contribution in [0, 0.1) is 0 Å². The summed E-state index contributed by atoms with van der Waals surface area (Å²) < 4.78 is 44.9. The largest absolute Gasteiger partial charge is 0.420 e. The second-order valence-electron chi connectivity index (χ2n) is 7.69. The molecule has 1 amide bonds. The number of anilines is 1. The summed E-state index contributed by atoms with van der Waals surface area (Å²) in [5.41, 5.74) is 1.79. The van der Waals surface area contributed by atoms with E-state index < -0.39 is 17.6 Å². The van der Waals surface area contributed by atoms with E-state index >= 15 is 0 Å². The zero-order valence-corrected chi connectivity index (χ0v) is 17.7. The molecule has 1 aliphatic rings. The molecule has 2 aromatic carbocycles. The summed E-state index contributed by atoms with van der Waals surface area (Å²) in [6.45, 7) is 1.44. The molecular formula is C24H18F3N5O2. The third-order valence-electron chi connectivity index (χ3n) is 5.44. The van der Waals surface area contributed by atoms with Crippen molar-refractivity contribution in [2.24, 2.45) is 0 Å². The maximum absolute atomic E-state index is 13.0. The predicted molar refractivity (Wildman–Crippen MR) is 119 cm³/mol. The van der Waals surface area contributed by atoms with Gasteiger partial charge in [0.15, 0.2) is 0 Å². The Morgan fingerprint density at radius 1 is 1.06 bits per heavy atom. The topological polar surface area (TPSA) is 89.0 Å². The maximum Gasteiger partial charge on any atom is 0.416 e. The molecule has 7 nitrogen and oxygen atoms in total. The lowest BCUT2D eigenvalue weighted by Crippen LogP contribution is -2.25. The van der Waals surface area contributed by atoms with Crippen molar-refractivity contribution < 1.29 is 22.7 Å². The minimum absolute atomic E-state index is 0.0489. The van der Waals surface area contributed by atoms with Gasteiger partial charge < -0.3 is 15.4 Å². The van der Waals surface area contributed by atoms with Crippen molar-refractivity contribution in [3.05, 3.63) is 83.3 Å². The number of fused-ring (bicyclic) bond motifs is 2. The number of nitrogens with zero attached hydrogens (tertiary/aromatic N) is 3. The van der Waals surface area contributed by atoms with Crippen molar-refractivity contribution in [2.75, 3.05) is 11.9 Å². The molecule has 3 heterocycles. The first-order chi connectivity index (χ1) is 16.4. The summed E-state index contributed by atoms with van der Waals surface area (Å²) in [6.07, 6.45) is -2.32. The molecule has 10 heteroatoms. The highest BCUT2D eigenvalue weighted by Crippen LogP contribution is 2.31. The Hall–Kier alpha value is -4.05. The summed E-state index contributed by atoms with van der Waals surface area (Å²) in [4.78, 5) is 25.9. The van der Waals surface area contributed by atoms with Crippen LogP contribution in [0.2, 0.25) is 0 Å². The first kappa shape index (κ1) is 21.8. The second-order valence-corrected chi connectivity index (χ2v) is 7.69. The molecule has 0 saturated carbocycles. The number of hydrogen-bond acceptors (Lipinski definition) is 6. The van der Waals surface area contributed by atoms with Crippen molar-refractivity contribution in [2.45, 2.75) is 19.1 Å². The number of ether oxygens (including phenoxy) is 1. The SMILES string of the molecule is O=C(Nc1cccc(C(F)(F)F)c1)c1cccc2nc(Oc3ncnc4c3CCNC4)ccc12. The van der Waals surface area contributed by atoms with Crippen LogP contribution in [0.4, 0.5) is 18.9 Å². The van der Waals surface area contributed by atoms with E-state index in [9.17, 15) is 18.0 Å². The molecule has 0 unspecified atom stereocenters. The van der Waals surface area contributed by atoms with E-state index in [1.165, 1.54) is 18.5 Å². The van der Waals surface area contributed by atoms with Crippen molar-refractivity contribution in [3.63, 3.8) is 0 Å². The fourth-order valence-electron chi connectivity index (χ4n) is 3.80. The first-order valence-corrected chi connectivity index (χ1v) is 10.5. The summed E-state index contributed by atoms with van der Waals surface area (Å²) >= 11 is 0. The van der Waals surface area contributed by atoms with Gasteiger partial charge in [0.25, 0.3) is 5.91 Å². The van der Waals surface area contributed by atoms with Crippen molar-refractivity contribution in [1.29, 1.82) is 0 Å². The van der Waals surface area contributed by atoms with E-state index in [0.717, 1.165) is 36.4 Å². The van der Waals surface area contributed by atoms with Crippen LogP contribution in [0.3, 0.4) is 0 Å². The number of nitrogens with one attached hydrogen (secondary N) is 2. The molecule has 0 radical (unpaired) electrons. The van der Waals surface area contributed by atoms with E-state index in [1.807, 2.05) is 0 Å². The van der Waals surface area contributed by atoms with Crippen LogP contribution >= 0.6 is 0 Å². The molecule has 34 heavy (non-hydrogen) atoms. The smallest absolute Gasteiger partial charge is 0.416 e. The highest BCUT2D eigenvalue weighted by molar-refractivity contribution is 6.12. The molecule has 172 valence electrons. The monoisotopic (exact) mass is 465 g/mol. The van der Waals surface area contributed by atoms with Gasteiger partial charge in [-0.1, -0.05) is 12.1 Å². The molecule has 0 saturated heterocycles. The van der Waals surface area contributed by atoms with Crippen LogP contribution in [-0.4, -0.2) is 27.4 Å². The van der Waals surface area contributed by atoms with Gasteiger partial charge in [0.1, 0.15) is 6.33 Å². The minimum atomic E-state index is -4.50. The molecule has 5 rings (SSSR count). The minimum Gasteiger partial charge on any atom is -0.420 e. The zero-order valence-electron chi connectivity index (χ0n) is 17.7. The van der Waals surface area contributed by atoms with Crippen LogP contribution in [0.15, 0.2) is 60.9 Å². The van der Waals surface area contributed by atoms with Gasteiger partial charge >= 0.3 is 6.18 Å². The van der Waals surface area contributed by atoms with Gasteiger partial charge in [-0.25, -0.2) is 15.0 Å². The lowest BCUT2D eigenvalue weighted by molar-refractivity contribution is -0.137. The molecule has 2 aromatic heterocycles. The van der Waals surface area contributed by atoms with Crippen LogP contribution < -0.4 is 15.4 Å². The standard InChI is InChI=1S/C24H18F3N5O2/c25-24(26,27)14-3-1-4-15(11-14)31-22(33)17-5-2-6-19-16(17)7-8-21(32-19)34-23-18-9-10-28-12-20(18)29-13-30-23/h1-8,11,13,28H,9-10,12H2,(H,31,33). The van der Waals surface area contributed by atoms with Crippen LogP contribution in [0.5, 0.6) is 11.8 Å². The molecule has 0 bridgehead atoms. The fraction of sp³-hybridized carbons (Fsp3) is 0.167. The Kier molecular flexibility index (Phi) is 5.58. The Bertz CT molecular complexity index is 1390. The van der Waals surface area contributed by atoms with Gasteiger partial charge in [-0.2, -0.15) is 13.2 Å². The molecule has 0 atom stereocenters. The number of aromatic nitrogens is 3. The Labute approximate surface area is 192 Å². The molecule has 0 aliphatic carbocycles. The lowest BCUT2D eigenvalue weighted by Gasteiger charge is -2.18. The van der Waals surface area contributed by atoms with E-state index in [0.29, 0.717) is 29.2 Å². The second kappa shape index (κ2) is 8.71. The predicted octanol–water partition coefficient (Wildman–Crippen LogP) is 4.73. The molecule has 1 aliphatic heterocycles. The summed E-state index contributed by atoms with van der Waals surface area (Å²) in [5.74, 6) is 0.205. The number of alkyl halides is 3. The third kappa shape index (κ3) is 4.40. The number of benzene rings is 2. The van der Waals surface area contributed by atoms with E-state index in [4.69, 9.17) is 4.74 Å². The van der Waals surface area contributed by atoms with Crippen molar-refractivity contribution in [3.8, 4) is 11.8 Å². The van der Waals surface area contributed by atoms with Crippen LogP contribution in [0.25, 0.3) is 10.9 Å². The average molecular weight is 465 g/mol. The van der Waals surface area contributed by atoms with Crippen molar-refractivity contribution >= 4 is 22.5 Å². The average Bonchev–Trinajstić information content (AvgIpc) is 2.83. The maximum atomic E-state index is 13.0. The number of carbonyl (C=O) groups excluding carboxylic acids is 1. The van der Waals surface area contributed by atoms with Gasteiger partial charge in [-0.3, -0.25) is 4.79 Å². The first-order valence-electron chi connectivity index (χ1n) is 10.5. The normalized spacial score (nSPS) is 13.4. The number of pyridine rings is 1. The fourth-order valence-corrected chi connectivity index (χ4v) is 3.80. The highest BCUT2D eigenvalue weighted by atomic mass is 19.4.